The molecule has 1 aliphatic rings. The van der Waals surface area contributed by atoms with Crippen LogP contribution in [-0.4, -0.2) is 6.01 Å². The van der Waals surface area contributed by atoms with Gasteiger partial charge in [0.05, 0.1) is 6.01 Å². The molecule has 0 atom stereocenters. The second-order valence-electron chi connectivity index (χ2n) is 3.59. The predicted octanol–water partition coefficient (Wildman–Crippen LogP) is 3.73. The van der Waals surface area contributed by atoms with Gasteiger partial charge in [-0.2, -0.15) is 0 Å². The van der Waals surface area contributed by atoms with Gasteiger partial charge in [0.2, 0.25) is 0 Å². The molecule has 0 aromatic heterocycles. The van der Waals surface area contributed by atoms with E-state index in [2.05, 4.69) is 48.6 Å². The molecule has 0 spiro atoms. The molecule has 0 heterocycles. The Balaban J connectivity index is 0.000000292. The summed E-state index contributed by atoms with van der Waals surface area (Å²) in [4.78, 5) is 0. The van der Waals surface area contributed by atoms with Crippen LogP contribution >= 0.6 is 0 Å². The number of hydrogen-bond acceptors (Lipinski definition) is 2. The van der Waals surface area contributed by atoms with E-state index in [0.717, 1.165) is 6.42 Å². The van der Waals surface area contributed by atoms with Gasteiger partial charge in [0.1, 0.15) is 0 Å². The standard InChI is InChI=1S/C13H10.CH2N2/c1-4-10-6-2-8-12-9-3-7-11(5-1)13(10)12;2-1-3/h1-8H,9H2;2-3H. The number of allylic oxidation sites excluding steroid dienone is 1. The third-order valence-electron chi connectivity index (χ3n) is 2.66. The molecule has 2 N–H and O–H groups in total. The molecule has 2 aromatic rings. The van der Waals surface area contributed by atoms with Gasteiger partial charge in [-0.15, -0.1) is 0 Å². The fourth-order valence-corrected chi connectivity index (χ4v) is 2.07. The normalized spacial score (nSPS) is 11.5. The van der Waals surface area contributed by atoms with Crippen LogP contribution in [0.1, 0.15) is 11.1 Å². The van der Waals surface area contributed by atoms with Crippen molar-refractivity contribution < 1.29 is 0 Å². The second-order valence-corrected chi connectivity index (χ2v) is 3.59. The van der Waals surface area contributed by atoms with Gasteiger partial charge in [-0.05, 0) is 28.3 Å². The molecule has 3 rings (SSSR count). The van der Waals surface area contributed by atoms with E-state index in [1.165, 1.54) is 27.9 Å². The van der Waals surface area contributed by atoms with E-state index in [4.69, 9.17) is 10.8 Å². The Labute approximate surface area is 94.3 Å². The topological polar surface area (TPSA) is 47.7 Å². The highest BCUT2D eigenvalue weighted by Crippen LogP contribution is 2.27. The van der Waals surface area contributed by atoms with Crippen LogP contribution < -0.4 is 0 Å². The SMILES string of the molecule is C1=Cc2cccc3cccc(c23)C1.N=C=N. The first-order chi connectivity index (χ1) is 7.86. The zero-order chi connectivity index (χ0) is 11.4. The quantitative estimate of drug-likeness (QED) is 0.620. The van der Waals surface area contributed by atoms with E-state index in [9.17, 15) is 0 Å². The van der Waals surface area contributed by atoms with Gasteiger partial charge in [-0.3, -0.25) is 0 Å². The van der Waals surface area contributed by atoms with Crippen LogP contribution in [0.4, 0.5) is 0 Å². The van der Waals surface area contributed by atoms with Crippen molar-refractivity contribution in [3.63, 3.8) is 0 Å². The minimum Gasteiger partial charge on any atom is -0.242 e. The second kappa shape index (κ2) is 4.56. The lowest BCUT2D eigenvalue weighted by Crippen LogP contribution is -1.91. The smallest absolute Gasteiger partial charge is 0.0831 e. The van der Waals surface area contributed by atoms with E-state index in [1.807, 2.05) is 0 Å². The molecule has 0 aliphatic heterocycles. The summed E-state index contributed by atoms with van der Waals surface area (Å²) < 4.78 is 0. The van der Waals surface area contributed by atoms with E-state index in [-0.39, 0.29) is 0 Å². The Morgan fingerprint density at radius 3 is 2.44 bits per heavy atom. The highest BCUT2D eigenvalue weighted by Gasteiger charge is 2.06. The van der Waals surface area contributed by atoms with Gasteiger partial charge >= 0.3 is 0 Å². The van der Waals surface area contributed by atoms with Gasteiger partial charge in [0.15, 0.2) is 0 Å². The monoisotopic (exact) mass is 208 g/mol. The van der Waals surface area contributed by atoms with Crippen LogP contribution in [0.25, 0.3) is 16.8 Å². The van der Waals surface area contributed by atoms with Crippen molar-refractivity contribution in [3.8, 4) is 0 Å². The van der Waals surface area contributed by atoms with Crippen LogP contribution in [0, 0.1) is 10.8 Å². The first kappa shape index (κ1) is 10.3. The third-order valence-corrected chi connectivity index (χ3v) is 2.66. The minimum absolute atomic E-state index is 1.08. The Kier molecular flexibility index (Phi) is 2.95. The van der Waals surface area contributed by atoms with Crippen molar-refractivity contribution >= 4 is 22.9 Å². The lowest BCUT2D eigenvalue weighted by Gasteiger charge is -2.11. The molecule has 78 valence electrons. The van der Waals surface area contributed by atoms with Gasteiger partial charge in [-0.1, -0.05) is 48.6 Å². The Hall–Kier alpha value is -2.18. The first-order valence-corrected chi connectivity index (χ1v) is 5.12. The minimum atomic E-state index is 1.08. The third kappa shape index (κ3) is 1.79. The van der Waals surface area contributed by atoms with Gasteiger partial charge in [-0.25, -0.2) is 10.8 Å². The molecule has 0 saturated heterocycles. The molecule has 2 nitrogen and oxygen atoms in total. The van der Waals surface area contributed by atoms with Gasteiger partial charge in [0.25, 0.3) is 0 Å². The fraction of sp³-hybridized carbons (Fsp3) is 0.0714. The molecular weight excluding hydrogens is 196 g/mol. The van der Waals surface area contributed by atoms with Crippen molar-refractivity contribution in [3.05, 3.63) is 53.6 Å². The average molecular weight is 208 g/mol. The molecular formula is C14H12N2. The zero-order valence-electron chi connectivity index (χ0n) is 8.83. The number of benzene rings is 2. The maximum atomic E-state index is 5.62. The highest BCUT2D eigenvalue weighted by atomic mass is 14.4. The fourth-order valence-electron chi connectivity index (χ4n) is 2.07. The molecule has 0 bridgehead atoms. The maximum absolute atomic E-state index is 5.62. The molecule has 0 radical (unpaired) electrons. The molecule has 0 fully saturated rings. The summed E-state index contributed by atoms with van der Waals surface area (Å²) >= 11 is 0. The van der Waals surface area contributed by atoms with Crippen molar-refractivity contribution in [2.24, 2.45) is 0 Å². The first-order valence-electron chi connectivity index (χ1n) is 5.12. The summed E-state index contributed by atoms with van der Waals surface area (Å²) in [7, 11) is 0. The number of hydrogen-bond donors (Lipinski definition) is 2. The Bertz CT molecular complexity index is 571. The van der Waals surface area contributed by atoms with Crippen molar-refractivity contribution in [1.82, 2.24) is 0 Å². The lowest BCUT2D eigenvalue weighted by atomic mass is 9.93. The summed E-state index contributed by atoms with van der Waals surface area (Å²) in [5, 5.41) is 14.0. The van der Waals surface area contributed by atoms with Gasteiger partial charge < -0.3 is 0 Å². The van der Waals surface area contributed by atoms with Crippen LogP contribution in [0.15, 0.2) is 42.5 Å². The van der Waals surface area contributed by atoms with E-state index in [0.29, 0.717) is 0 Å². The molecule has 0 unspecified atom stereocenters. The van der Waals surface area contributed by atoms with Crippen LogP contribution in [-0.2, 0) is 6.42 Å². The number of rotatable bonds is 0. The zero-order valence-corrected chi connectivity index (χ0v) is 8.83. The molecule has 2 heteroatoms. The predicted molar refractivity (Wildman–Crippen MR) is 67.1 cm³/mol. The number of nitrogens with one attached hydrogen (secondary N) is 2. The Morgan fingerprint density at radius 1 is 1.00 bits per heavy atom. The molecule has 1 aliphatic carbocycles. The van der Waals surface area contributed by atoms with Crippen molar-refractivity contribution in [2.45, 2.75) is 6.42 Å². The molecule has 0 amide bonds. The Morgan fingerprint density at radius 2 is 1.69 bits per heavy atom. The van der Waals surface area contributed by atoms with Crippen molar-refractivity contribution in [2.75, 3.05) is 0 Å². The largest absolute Gasteiger partial charge is 0.242 e. The summed E-state index contributed by atoms with van der Waals surface area (Å²) in [6.07, 6.45) is 5.53. The van der Waals surface area contributed by atoms with Crippen LogP contribution in [0.5, 0.6) is 0 Å². The molecule has 0 saturated carbocycles. The summed E-state index contributed by atoms with van der Waals surface area (Å²) in [5.41, 5.74) is 2.81. The average Bonchev–Trinajstić information content (AvgIpc) is 2.31. The van der Waals surface area contributed by atoms with E-state index >= 15 is 0 Å². The van der Waals surface area contributed by atoms with Gasteiger partial charge in [0, 0.05) is 0 Å². The summed E-state index contributed by atoms with van der Waals surface area (Å²) in [6.45, 7) is 0. The van der Waals surface area contributed by atoms with Crippen LogP contribution in [0.2, 0.25) is 0 Å². The molecule has 16 heavy (non-hydrogen) atoms. The van der Waals surface area contributed by atoms with Crippen molar-refractivity contribution in [1.29, 1.82) is 10.8 Å². The summed E-state index contributed by atoms with van der Waals surface area (Å²) in [5.74, 6) is 0. The highest BCUT2D eigenvalue weighted by molar-refractivity contribution is 5.94. The van der Waals surface area contributed by atoms with Crippen LogP contribution in [0.3, 0.4) is 0 Å². The summed E-state index contributed by atoms with van der Waals surface area (Å²) in [6, 6.07) is 14.3. The molecule has 2 aromatic carbocycles. The maximum Gasteiger partial charge on any atom is 0.0831 e. The van der Waals surface area contributed by atoms with E-state index in [1.54, 1.807) is 0 Å². The lowest BCUT2D eigenvalue weighted by molar-refractivity contribution is 1.29. The van der Waals surface area contributed by atoms with E-state index < -0.39 is 0 Å².